The first-order chi connectivity index (χ1) is 9.76. The lowest BCUT2D eigenvalue weighted by Gasteiger charge is -2.08. The van der Waals surface area contributed by atoms with Crippen molar-refractivity contribution in [1.82, 2.24) is 15.0 Å². The van der Waals surface area contributed by atoms with Crippen LogP contribution in [0.25, 0.3) is 11.3 Å². The van der Waals surface area contributed by atoms with Gasteiger partial charge in [-0.05, 0) is 18.6 Å². The minimum atomic E-state index is -0.260. The fraction of sp³-hybridized carbons (Fsp3) is 0.467. The van der Waals surface area contributed by atoms with E-state index in [2.05, 4.69) is 17.2 Å². The molecule has 1 heterocycles. The van der Waals surface area contributed by atoms with Crippen LogP contribution in [0.15, 0.2) is 24.3 Å². The van der Waals surface area contributed by atoms with Gasteiger partial charge in [-0.3, -0.25) is 0 Å². The summed E-state index contributed by atoms with van der Waals surface area (Å²) in [5.74, 6) is -0.260. The van der Waals surface area contributed by atoms with Gasteiger partial charge in [-0.2, -0.15) is 0 Å². The van der Waals surface area contributed by atoms with E-state index >= 15 is 0 Å². The van der Waals surface area contributed by atoms with E-state index in [4.69, 9.17) is 5.73 Å². The number of hydrogen-bond donors (Lipinski definition) is 1. The molecule has 2 rings (SSSR count). The van der Waals surface area contributed by atoms with E-state index < -0.39 is 0 Å². The summed E-state index contributed by atoms with van der Waals surface area (Å²) in [6.07, 6.45) is 4.62. The van der Waals surface area contributed by atoms with Crippen LogP contribution < -0.4 is 5.73 Å². The summed E-state index contributed by atoms with van der Waals surface area (Å²) in [5.41, 5.74) is 8.04. The zero-order valence-electron chi connectivity index (χ0n) is 11.8. The second kappa shape index (κ2) is 7.14. The molecule has 0 saturated carbocycles. The van der Waals surface area contributed by atoms with Gasteiger partial charge < -0.3 is 5.73 Å². The zero-order valence-corrected chi connectivity index (χ0v) is 11.8. The van der Waals surface area contributed by atoms with E-state index in [9.17, 15) is 4.39 Å². The summed E-state index contributed by atoms with van der Waals surface area (Å²) in [7, 11) is 0. The van der Waals surface area contributed by atoms with Crippen molar-refractivity contribution in [2.24, 2.45) is 5.73 Å². The van der Waals surface area contributed by atoms with Gasteiger partial charge in [0.15, 0.2) is 0 Å². The van der Waals surface area contributed by atoms with Crippen LogP contribution in [0.5, 0.6) is 0 Å². The molecule has 4 nitrogen and oxygen atoms in total. The van der Waals surface area contributed by atoms with Gasteiger partial charge in [0.2, 0.25) is 0 Å². The second-order valence-electron chi connectivity index (χ2n) is 4.88. The monoisotopic (exact) mass is 276 g/mol. The predicted octanol–water partition coefficient (Wildman–Crippen LogP) is 3.12. The highest BCUT2D eigenvalue weighted by molar-refractivity contribution is 5.61. The number of benzene rings is 1. The molecule has 20 heavy (non-hydrogen) atoms. The number of aromatic nitrogens is 3. The summed E-state index contributed by atoms with van der Waals surface area (Å²) < 4.78 is 15.2. The molecule has 1 aromatic carbocycles. The van der Waals surface area contributed by atoms with E-state index in [0.717, 1.165) is 30.6 Å². The Kier molecular flexibility index (Phi) is 5.24. The molecule has 0 spiro atoms. The van der Waals surface area contributed by atoms with Gasteiger partial charge in [0.1, 0.15) is 11.5 Å². The summed E-state index contributed by atoms with van der Waals surface area (Å²) in [6.45, 7) is 3.28. The number of rotatable bonds is 7. The molecule has 1 aromatic heterocycles. The second-order valence-corrected chi connectivity index (χ2v) is 4.88. The predicted molar refractivity (Wildman–Crippen MR) is 77.4 cm³/mol. The third kappa shape index (κ3) is 3.42. The maximum Gasteiger partial charge on any atom is 0.123 e. The molecular weight excluding hydrogens is 255 g/mol. The topological polar surface area (TPSA) is 56.7 Å². The van der Waals surface area contributed by atoms with Gasteiger partial charge >= 0.3 is 0 Å². The van der Waals surface area contributed by atoms with Crippen molar-refractivity contribution in [2.75, 3.05) is 0 Å². The van der Waals surface area contributed by atoms with Crippen molar-refractivity contribution in [2.45, 2.75) is 45.7 Å². The lowest BCUT2D eigenvalue weighted by atomic mass is 10.1. The first-order valence-corrected chi connectivity index (χ1v) is 7.14. The summed E-state index contributed by atoms with van der Waals surface area (Å²) >= 11 is 0. The lowest BCUT2D eigenvalue weighted by Crippen LogP contribution is -2.05. The molecule has 0 aliphatic carbocycles. The quantitative estimate of drug-likeness (QED) is 0.790. The van der Waals surface area contributed by atoms with Crippen LogP contribution in [0.4, 0.5) is 4.39 Å². The van der Waals surface area contributed by atoms with Crippen LogP contribution in [0.1, 0.15) is 38.3 Å². The first kappa shape index (κ1) is 14.7. The summed E-state index contributed by atoms with van der Waals surface area (Å²) in [5, 5.41) is 8.26. The maximum atomic E-state index is 13.4. The highest BCUT2D eigenvalue weighted by Crippen LogP contribution is 2.23. The number of halogens is 1. The normalized spacial score (nSPS) is 10.9. The van der Waals surface area contributed by atoms with Crippen molar-refractivity contribution in [1.29, 1.82) is 0 Å². The zero-order chi connectivity index (χ0) is 14.4. The molecule has 0 unspecified atom stereocenters. The largest absolute Gasteiger partial charge is 0.325 e. The van der Waals surface area contributed by atoms with E-state index in [0.29, 0.717) is 12.2 Å². The van der Waals surface area contributed by atoms with Gasteiger partial charge in [0.05, 0.1) is 5.69 Å². The molecule has 0 atom stereocenters. The van der Waals surface area contributed by atoms with E-state index in [1.165, 1.54) is 25.0 Å². The minimum absolute atomic E-state index is 0.260. The van der Waals surface area contributed by atoms with Crippen molar-refractivity contribution in [3.05, 3.63) is 35.8 Å². The van der Waals surface area contributed by atoms with Gasteiger partial charge in [-0.15, -0.1) is 5.10 Å². The minimum Gasteiger partial charge on any atom is -0.325 e. The van der Waals surface area contributed by atoms with Gasteiger partial charge in [0, 0.05) is 18.7 Å². The number of unbranched alkanes of at least 4 members (excludes halogenated alkanes) is 3. The Morgan fingerprint density at radius 1 is 1.25 bits per heavy atom. The van der Waals surface area contributed by atoms with Crippen LogP contribution in [0.2, 0.25) is 0 Å². The third-order valence-corrected chi connectivity index (χ3v) is 3.32. The van der Waals surface area contributed by atoms with Crippen molar-refractivity contribution in [3.8, 4) is 11.3 Å². The molecule has 108 valence electrons. The van der Waals surface area contributed by atoms with Crippen LogP contribution in [0.3, 0.4) is 0 Å². The average molecular weight is 276 g/mol. The number of hydrogen-bond acceptors (Lipinski definition) is 3. The van der Waals surface area contributed by atoms with Crippen LogP contribution in [-0.4, -0.2) is 15.0 Å². The molecule has 0 aliphatic rings. The Morgan fingerprint density at radius 3 is 2.80 bits per heavy atom. The van der Waals surface area contributed by atoms with Crippen molar-refractivity contribution < 1.29 is 4.39 Å². The molecule has 0 aliphatic heterocycles. The Labute approximate surface area is 118 Å². The van der Waals surface area contributed by atoms with Crippen LogP contribution in [0, 0.1) is 5.82 Å². The first-order valence-electron chi connectivity index (χ1n) is 7.14. The Balaban J connectivity index is 2.23. The molecular formula is C15H21FN4. The Morgan fingerprint density at radius 2 is 2.10 bits per heavy atom. The van der Waals surface area contributed by atoms with E-state index in [1.807, 2.05) is 10.7 Å². The molecule has 2 N–H and O–H groups in total. The molecule has 0 radical (unpaired) electrons. The van der Waals surface area contributed by atoms with E-state index in [-0.39, 0.29) is 5.82 Å². The van der Waals surface area contributed by atoms with Crippen LogP contribution >= 0.6 is 0 Å². The van der Waals surface area contributed by atoms with Crippen LogP contribution in [-0.2, 0) is 13.1 Å². The Hall–Kier alpha value is -1.75. The van der Waals surface area contributed by atoms with E-state index in [1.54, 1.807) is 6.07 Å². The molecule has 0 amide bonds. The SMILES string of the molecule is CCCCCCn1nnc(CN)c1-c1cccc(F)c1. The molecule has 5 heteroatoms. The van der Waals surface area contributed by atoms with Gasteiger partial charge in [-0.25, -0.2) is 9.07 Å². The number of nitrogens with zero attached hydrogens (tertiary/aromatic N) is 3. The Bertz CT molecular complexity index is 551. The standard InChI is InChI=1S/C15H21FN4/c1-2-3-4-5-9-20-15(14(11-17)18-19-20)12-7-6-8-13(16)10-12/h6-8,10H,2-5,9,11,17H2,1H3. The summed E-state index contributed by atoms with van der Waals surface area (Å²) in [4.78, 5) is 0. The smallest absolute Gasteiger partial charge is 0.123 e. The van der Waals surface area contributed by atoms with Crippen molar-refractivity contribution >= 4 is 0 Å². The van der Waals surface area contributed by atoms with Gasteiger partial charge in [-0.1, -0.05) is 43.5 Å². The average Bonchev–Trinajstić information content (AvgIpc) is 2.86. The molecule has 0 bridgehead atoms. The maximum absolute atomic E-state index is 13.4. The fourth-order valence-electron chi connectivity index (χ4n) is 2.28. The number of nitrogens with two attached hydrogens (primary N) is 1. The molecule has 0 saturated heterocycles. The third-order valence-electron chi connectivity index (χ3n) is 3.32. The van der Waals surface area contributed by atoms with Gasteiger partial charge in [0.25, 0.3) is 0 Å². The number of aryl methyl sites for hydroxylation is 1. The van der Waals surface area contributed by atoms with Crippen molar-refractivity contribution in [3.63, 3.8) is 0 Å². The highest BCUT2D eigenvalue weighted by atomic mass is 19.1. The molecule has 2 aromatic rings. The lowest BCUT2D eigenvalue weighted by molar-refractivity contribution is 0.531. The molecule has 0 fully saturated rings. The summed E-state index contributed by atoms with van der Waals surface area (Å²) in [6, 6.07) is 6.49. The highest BCUT2D eigenvalue weighted by Gasteiger charge is 2.14. The fourth-order valence-corrected chi connectivity index (χ4v) is 2.28.